The second-order valence-corrected chi connectivity index (χ2v) is 5.94. The van der Waals surface area contributed by atoms with Crippen molar-refractivity contribution in [3.8, 4) is 5.75 Å². The standard InChI is InChI=1S/C17H26O3/c1-5-6-7-12-17(3,4)14-8-10-15(11-9-14)20-13(2)16(18)19/h8-11,13H,5-7,12H2,1-4H3,(H,18,19)/p-1. The van der Waals surface area contributed by atoms with Crippen molar-refractivity contribution in [3.63, 3.8) is 0 Å². The van der Waals surface area contributed by atoms with Crippen molar-refractivity contribution < 1.29 is 14.6 Å². The predicted octanol–water partition coefficient (Wildman–Crippen LogP) is 3.06. The first kappa shape index (κ1) is 16.5. The highest BCUT2D eigenvalue weighted by Gasteiger charge is 2.19. The SMILES string of the molecule is CCCCCC(C)(C)c1ccc(OC(C)C(=O)[O-])cc1. The molecule has 0 bridgehead atoms. The molecular weight excluding hydrogens is 252 g/mol. The fourth-order valence-electron chi connectivity index (χ4n) is 2.20. The highest BCUT2D eigenvalue weighted by Crippen LogP contribution is 2.30. The van der Waals surface area contributed by atoms with E-state index in [-0.39, 0.29) is 5.41 Å². The average Bonchev–Trinajstić information content (AvgIpc) is 2.39. The normalized spacial score (nSPS) is 13.0. The summed E-state index contributed by atoms with van der Waals surface area (Å²) < 4.78 is 5.28. The summed E-state index contributed by atoms with van der Waals surface area (Å²) >= 11 is 0. The van der Waals surface area contributed by atoms with E-state index in [1.54, 1.807) is 0 Å². The molecule has 1 aromatic carbocycles. The maximum Gasteiger partial charge on any atom is 0.135 e. The van der Waals surface area contributed by atoms with Crippen LogP contribution in [0.4, 0.5) is 0 Å². The second-order valence-electron chi connectivity index (χ2n) is 5.94. The summed E-state index contributed by atoms with van der Waals surface area (Å²) in [5.41, 5.74) is 1.38. The summed E-state index contributed by atoms with van der Waals surface area (Å²) in [5, 5.41) is 10.6. The molecule has 0 N–H and O–H groups in total. The van der Waals surface area contributed by atoms with Gasteiger partial charge in [-0.25, -0.2) is 0 Å². The van der Waals surface area contributed by atoms with Crippen molar-refractivity contribution in [1.82, 2.24) is 0 Å². The molecule has 0 radical (unpaired) electrons. The van der Waals surface area contributed by atoms with Crippen LogP contribution in [0.5, 0.6) is 5.75 Å². The van der Waals surface area contributed by atoms with Crippen molar-refractivity contribution in [2.24, 2.45) is 0 Å². The second kappa shape index (κ2) is 7.32. The van der Waals surface area contributed by atoms with Gasteiger partial charge in [0.05, 0.1) is 5.97 Å². The summed E-state index contributed by atoms with van der Waals surface area (Å²) in [7, 11) is 0. The molecule has 112 valence electrons. The van der Waals surface area contributed by atoms with Crippen LogP contribution >= 0.6 is 0 Å². The minimum atomic E-state index is -1.20. The smallest absolute Gasteiger partial charge is 0.135 e. The van der Waals surface area contributed by atoms with Crippen molar-refractivity contribution in [1.29, 1.82) is 0 Å². The minimum Gasteiger partial charge on any atom is -0.546 e. The molecule has 0 fully saturated rings. The Morgan fingerprint density at radius 1 is 1.25 bits per heavy atom. The Hall–Kier alpha value is -1.51. The largest absolute Gasteiger partial charge is 0.546 e. The van der Waals surface area contributed by atoms with Gasteiger partial charge in [0.25, 0.3) is 0 Å². The van der Waals surface area contributed by atoms with Crippen molar-refractivity contribution >= 4 is 5.97 Å². The van der Waals surface area contributed by atoms with Crippen LogP contribution in [0, 0.1) is 0 Å². The molecule has 0 heterocycles. The van der Waals surface area contributed by atoms with E-state index in [0.717, 1.165) is 6.42 Å². The van der Waals surface area contributed by atoms with E-state index < -0.39 is 12.1 Å². The van der Waals surface area contributed by atoms with E-state index in [9.17, 15) is 9.90 Å². The van der Waals surface area contributed by atoms with Crippen LogP contribution in [0.15, 0.2) is 24.3 Å². The molecule has 0 aromatic heterocycles. The third kappa shape index (κ3) is 4.87. The Balaban J connectivity index is 2.67. The summed E-state index contributed by atoms with van der Waals surface area (Å²) in [6.45, 7) is 8.15. The van der Waals surface area contributed by atoms with Gasteiger partial charge in [-0.3, -0.25) is 0 Å². The number of hydrogen-bond acceptors (Lipinski definition) is 3. The molecular formula is C17H25O3-. The molecule has 3 nitrogen and oxygen atoms in total. The van der Waals surface area contributed by atoms with E-state index in [0.29, 0.717) is 5.75 Å². The fourth-order valence-corrected chi connectivity index (χ4v) is 2.20. The van der Waals surface area contributed by atoms with Gasteiger partial charge in [-0.05, 0) is 36.5 Å². The molecule has 0 aliphatic heterocycles. The van der Waals surface area contributed by atoms with Gasteiger partial charge in [-0.2, -0.15) is 0 Å². The molecule has 0 saturated carbocycles. The van der Waals surface area contributed by atoms with Gasteiger partial charge in [-0.15, -0.1) is 0 Å². The number of hydrogen-bond donors (Lipinski definition) is 0. The van der Waals surface area contributed by atoms with E-state index >= 15 is 0 Å². The Kier molecular flexibility index (Phi) is 6.05. The van der Waals surface area contributed by atoms with Gasteiger partial charge in [0.15, 0.2) is 0 Å². The predicted molar refractivity (Wildman–Crippen MR) is 78.7 cm³/mol. The quantitative estimate of drug-likeness (QED) is 0.686. The van der Waals surface area contributed by atoms with Gasteiger partial charge >= 0.3 is 0 Å². The van der Waals surface area contributed by atoms with Gasteiger partial charge < -0.3 is 14.6 Å². The minimum absolute atomic E-state index is 0.133. The summed E-state index contributed by atoms with van der Waals surface area (Å²) in [4.78, 5) is 10.6. The lowest BCUT2D eigenvalue weighted by molar-refractivity contribution is -0.312. The van der Waals surface area contributed by atoms with Crippen molar-refractivity contribution in [2.45, 2.75) is 64.9 Å². The lowest BCUT2D eigenvalue weighted by Gasteiger charge is -2.26. The Bertz CT molecular complexity index is 420. The molecule has 3 heteroatoms. The van der Waals surface area contributed by atoms with Crippen LogP contribution in [-0.2, 0) is 10.2 Å². The number of aliphatic carboxylic acids is 1. The number of carbonyl (C=O) groups excluding carboxylic acids is 1. The van der Waals surface area contributed by atoms with Crippen LogP contribution in [-0.4, -0.2) is 12.1 Å². The van der Waals surface area contributed by atoms with Gasteiger partial charge in [0.1, 0.15) is 11.9 Å². The molecule has 0 amide bonds. The zero-order valence-corrected chi connectivity index (χ0v) is 12.9. The zero-order chi connectivity index (χ0) is 15.2. The average molecular weight is 277 g/mol. The van der Waals surface area contributed by atoms with Crippen molar-refractivity contribution in [3.05, 3.63) is 29.8 Å². The molecule has 20 heavy (non-hydrogen) atoms. The first-order valence-corrected chi connectivity index (χ1v) is 7.35. The first-order chi connectivity index (χ1) is 9.36. The molecule has 1 unspecified atom stereocenters. The molecule has 0 aliphatic rings. The monoisotopic (exact) mass is 277 g/mol. The maximum absolute atomic E-state index is 10.6. The third-order valence-electron chi connectivity index (χ3n) is 3.69. The van der Waals surface area contributed by atoms with Gasteiger partial charge in [0.2, 0.25) is 0 Å². The Morgan fingerprint density at radius 2 is 1.85 bits per heavy atom. The highest BCUT2D eigenvalue weighted by atomic mass is 16.5. The molecule has 1 aromatic rings. The molecule has 1 rings (SSSR count). The Morgan fingerprint density at radius 3 is 2.35 bits per heavy atom. The summed E-state index contributed by atoms with van der Waals surface area (Å²) in [6.07, 6.45) is 3.93. The van der Waals surface area contributed by atoms with Crippen LogP contribution < -0.4 is 9.84 Å². The summed E-state index contributed by atoms with van der Waals surface area (Å²) in [5.74, 6) is -0.635. The molecule has 0 saturated heterocycles. The van der Waals surface area contributed by atoms with Gasteiger partial charge in [0, 0.05) is 0 Å². The van der Waals surface area contributed by atoms with E-state index in [1.165, 1.54) is 31.7 Å². The zero-order valence-electron chi connectivity index (χ0n) is 12.9. The third-order valence-corrected chi connectivity index (χ3v) is 3.69. The van der Waals surface area contributed by atoms with E-state index in [4.69, 9.17) is 4.74 Å². The molecule has 0 spiro atoms. The van der Waals surface area contributed by atoms with Crippen LogP contribution in [0.25, 0.3) is 0 Å². The summed E-state index contributed by atoms with van der Waals surface area (Å²) in [6, 6.07) is 7.69. The number of benzene rings is 1. The van der Waals surface area contributed by atoms with Crippen LogP contribution in [0.3, 0.4) is 0 Å². The first-order valence-electron chi connectivity index (χ1n) is 7.35. The Labute approximate surface area is 122 Å². The number of ether oxygens (including phenoxy) is 1. The van der Waals surface area contributed by atoms with Crippen LogP contribution in [0.1, 0.15) is 58.9 Å². The molecule has 1 atom stereocenters. The lowest BCUT2D eigenvalue weighted by Crippen LogP contribution is -2.37. The fraction of sp³-hybridized carbons (Fsp3) is 0.588. The van der Waals surface area contributed by atoms with Crippen molar-refractivity contribution in [2.75, 3.05) is 0 Å². The number of carbonyl (C=O) groups is 1. The van der Waals surface area contributed by atoms with Gasteiger partial charge in [-0.1, -0.05) is 52.2 Å². The number of unbranched alkanes of at least 4 members (excludes halogenated alkanes) is 2. The molecule has 0 aliphatic carbocycles. The number of carboxylic acid groups (broad SMARTS) is 1. The number of rotatable bonds is 8. The van der Waals surface area contributed by atoms with E-state index in [2.05, 4.69) is 20.8 Å². The lowest BCUT2D eigenvalue weighted by atomic mass is 9.80. The topological polar surface area (TPSA) is 49.4 Å². The van der Waals surface area contributed by atoms with E-state index in [1.807, 2.05) is 24.3 Å². The van der Waals surface area contributed by atoms with Crippen LogP contribution in [0.2, 0.25) is 0 Å². The number of carboxylic acids is 1. The highest BCUT2D eigenvalue weighted by molar-refractivity contribution is 5.69. The maximum atomic E-state index is 10.6.